The van der Waals surface area contributed by atoms with Gasteiger partial charge in [-0.1, -0.05) is 11.8 Å². The number of hydrogen-bond acceptors (Lipinski definition) is 5. The first-order valence-corrected chi connectivity index (χ1v) is 7.38. The Hall–Kier alpha value is -1.37. The molecule has 0 atom stereocenters. The number of nitriles is 1. The minimum absolute atomic E-state index is 0.101. The Morgan fingerprint density at radius 1 is 1.35 bits per heavy atom. The molecule has 108 valence electrons. The predicted octanol–water partition coefficient (Wildman–Crippen LogP) is 1.84. The summed E-state index contributed by atoms with van der Waals surface area (Å²) in [5.41, 5.74) is 0. The fraction of sp³-hybridized carbons (Fsp3) is 0.533. The van der Waals surface area contributed by atoms with E-state index in [1.807, 2.05) is 6.07 Å². The minimum atomic E-state index is 0.101. The van der Waals surface area contributed by atoms with Gasteiger partial charge in [-0.3, -0.25) is 4.90 Å². The summed E-state index contributed by atoms with van der Waals surface area (Å²) in [4.78, 5) is 4.46. The number of aliphatic hydroxyl groups excluding tert-OH is 1. The van der Waals surface area contributed by atoms with E-state index >= 15 is 0 Å². The van der Waals surface area contributed by atoms with Gasteiger partial charge < -0.3 is 9.84 Å². The maximum Gasteiger partial charge on any atom is 0.0771 e. The molecule has 4 nitrogen and oxygen atoms in total. The van der Waals surface area contributed by atoms with Crippen LogP contribution in [0.25, 0.3) is 0 Å². The number of rotatable bonds is 8. The van der Waals surface area contributed by atoms with Crippen LogP contribution in [0.1, 0.15) is 22.6 Å². The van der Waals surface area contributed by atoms with Crippen LogP contribution in [0.5, 0.6) is 0 Å². The summed E-state index contributed by atoms with van der Waals surface area (Å²) in [5.74, 6) is 5.96. The van der Waals surface area contributed by atoms with E-state index < -0.39 is 0 Å². The van der Waals surface area contributed by atoms with Crippen LogP contribution in [0, 0.1) is 23.2 Å². The standard InChI is InChI=1S/C15H20N2O2S/c1-19-12-10-17(9-4-8-16)13-15-7-6-14(20-15)5-2-3-11-18/h6-7,18H,3-4,9-13H2,1H3. The van der Waals surface area contributed by atoms with E-state index in [0.717, 1.165) is 24.5 Å². The number of thiophene rings is 1. The number of ether oxygens (including phenoxy) is 1. The summed E-state index contributed by atoms with van der Waals surface area (Å²) in [6.07, 6.45) is 1.04. The summed E-state index contributed by atoms with van der Waals surface area (Å²) in [5, 5.41) is 17.4. The molecule has 0 aromatic carbocycles. The van der Waals surface area contributed by atoms with Gasteiger partial charge in [0.15, 0.2) is 0 Å². The third-order valence-corrected chi connectivity index (χ3v) is 3.63. The van der Waals surface area contributed by atoms with Gasteiger partial charge in [0.1, 0.15) is 0 Å². The lowest BCUT2D eigenvalue weighted by molar-refractivity contribution is 0.146. The van der Waals surface area contributed by atoms with Crippen molar-refractivity contribution in [3.63, 3.8) is 0 Å². The predicted molar refractivity (Wildman–Crippen MR) is 80.3 cm³/mol. The van der Waals surface area contributed by atoms with Gasteiger partial charge >= 0.3 is 0 Å². The molecular weight excluding hydrogens is 272 g/mol. The van der Waals surface area contributed by atoms with Crippen molar-refractivity contribution in [2.45, 2.75) is 19.4 Å². The maximum atomic E-state index is 8.69. The zero-order valence-corrected chi connectivity index (χ0v) is 12.6. The first-order chi connectivity index (χ1) is 9.80. The van der Waals surface area contributed by atoms with Gasteiger partial charge in [-0.15, -0.1) is 11.3 Å². The Morgan fingerprint density at radius 2 is 2.20 bits per heavy atom. The fourth-order valence-electron chi connectivity index (χ4n) is 1.65. The van der Waals surface area contributed by atoms with Crippen molar-refractivity contribution >= 4 is 11.3 Å². The highest BCUT2D eigenvalue weighted by Crippen LogP contribution is 2.17. The van der Waals surface area contributed by atoms with Crippen LogP contribution in [0.4, 0.5) is 0 Å². The molecule has 0 amide bonds. The van der Waals surface area contributed by atoms with Crippen molar-refractivity contribution < 1.29 is 9.84 Å². The second-order valence-corrected chi connectivity index (χ2v) is 5.39. The molecule has 0 bridgehead atoms. The number of methoxy groups -OCH3 is 1. The first-order valence-electron chi connectivity index (χ1n) is 6.57. The molecule has 0 aliphatic carbocycles. The van der Waals surface area contributed by atoms with Crippen LogP contribution in [-0.2, 0) is 11.3 Å². The summed E-state index contributed by atoms with van der Waals surface area (Å²) in [7, 11) is 1.68. The molecule has 20 heavy (non-hydrogen) atoms. The zero-order valence-electron chi connectivity index (χ0n) is 11.8. The average molecular weight is 292 g/mol. The highest BCUT2D eigenvalue weighted by molar-refractivity contribution is 7.12. The molecule has 1 aromatic heterocycles. The molecule has 1 rings (SSSR count). The van der Waals surface area contributed by atoms with E-state index in [1.54, 1.807) is 18.4 Å². The Morgan fingerprint density at radius 3 is 2.90 bits per heavy atom. The van der Waals surface area contributed by atoms with Gasteiger partial charge in [0.25, 0.3) is 0 Å². The number of aliphatic hydroxyl groups is 1. The van der Waals surface area contributed by atoms with Crippen LogP contribution in [0.2, 0.25) is 0 Å². The molecule has 0 spiro atoms. The third kappa shape index (κ3) is 6.70. The molecule has 1 N–H and O–H groups in total. The smallest absolute Gasteiger partial charge is 0.0771 e. The quantitative estimate of drug-likeness (QED) is 0.743. The molecule has 0 unspecified atom stereocenters. The van der Waals surface area contributed by atoms with Crippen molar-refractivity contribution in [2.24, 2.45) is 0 Å². The molecule has 0 radical (unpaired) electrons. The van der Waals surface area contributed by atoms with E-state index in [9.17, 15) is 0 Å². The van der Waals surface area contributed by atoms with Gasteiger partial charge in [0.2, 0.25) is 0 Å². The maximum absolute atomic E-state index is 8.69. The summed E-state index contributed by atoms with van der Waals surface area (Å²) < 4.78 is 5.09. The molecule has 0 aliphatic heterocycles. The molecule has 0 saturated carbocycles. The monoisotopic (exact) mass is 292 g/mol. The van der Waals surface area contributed by atoms with Crippen LogP contribution >= 0.6 is 11.3 Å². The Balaban J connectivity index is 2.55. The second kappa shape index (κ2) is 10.4. The van der Waals surface area contributed by atoms with Crippen molar-refractivity contribution in [1.82, 2.24) is 4.90 Å². The van der Waals surface area contributed by atoms with Gasteiger partial charge in [-0.25, -0.2) is 0 Å². The highest BCUT2D eigenvalue weighted by Gasteiger charge is 2.07. The number of nitrogens with zero attached hydrogens (tertiary/aromatic N) is 2. The zero-order chi connectivity index (χ0) is 14.6. The Bertz CT molecular complexity index is 482. The van der Waals surface area contributed by atoms with Crippen LogP contribution in [0.15, 0.2) is 12.1 Å². The van der Waals surface area contributed by atoms with E-state index in [-0.39, 0.29) is 6.61 Å². The topological polar surface area (TPSA) is 56.5 Å². The lowest BCUT2D eigenvalue weighted by atomic mass is 10.3. The van der Waals surface area contributed by atoms with Gasteiger partial charge in [0, 0.05) is 44.5 Å². The lowest BCUT2D eigenvalue weighted by Gasteiger charge is -2.19. The van der Waals surface area contributed by atoms with Crippen molar-refractivity contribution in [3.8, 4) is 17.9 Å². The average Bonchev–Trinajstić information content (AvgIpc) is 2.89. The van der Waals surface area contributed by atoms with Gasteiger partial charge in [0.05, 0.1) is 24.2 Å². The van der Waals surface area contributed by atoms with E-state index in [1.165, 1.54) is 4.88 Å². The van der Waals surface area contributed by atoms with E-state index in [4.69, 9.17) is 15.1 Å². The van der Waals surface area contributed by atoms with Crippen LogP contribution in [0.3, 0.4) is 0 Å². The van der Waals surface area contributed by atoms with Crippen molar-refractivity contribution in [1.29, 1.82) is 5.26 Å². The minimum Gasteiger partial charge on any atom is -0.395 e. The first kappa shape index (κ1) is 16.7. The number of hydrogen-bond donors (Lipinski definition) is 1. The lowest BCUT2D eigenvalue weighted by Crippen LogP contribution is -2.27. The largest absolute Gasteiger partial charge is 0.395 e. The van der Waals surface area contributed by atoms with Gasteiger partial charge in [-0.05, 0) is 12.1 Å². The molecular formula is C15H20N2O2S. The highest BCUT2D eigenvalue weighted by atomic mass is 32.1. The third-order valence-electron chi connectivity index (χ3n) is 2.64. The van der Waals surface area contributed by atoms with Gasteiger partial charge in [-0.2, -0.15) is 5.26 Å². The normalized spacial score (nSPS) is 10.1. The fourth-order valence-corrected chi connectivity index (χ4v) is 2.58. The summed E-state index contributed by atoms with van der Waals surface area (Å²) in [6, 6.07) is 6.25. The molecule has 5 heteroatoms. The van der Waals surface area contributed by atoms with Crippen LogP contribution < -0.4 is 0 Å². The molecule has 1 heterocycles. The Labute approximate surface area is 124 Å². The van der Waals surface area contributed by atoms with Crippen LogP contribution in [-0.4, -0.2) is 43.4 Å². The van der Waals surface area contributed by atoms with E-state index in [2.05, 4.69) is 28.9 Å². The van der Waals surface area contributed by atoms with Crippen molar-refractivity contribution in [3.05, 3.63) is 21.9 Å². The van der Waals surface area contributed by atoms with Crippen molar-refractivity contribution in [2.75, 3.05) is 33.4 Å². The molecule has 0 aliphatic rings. The molecule has 1 aromatic rings. The van der Waals surface area contributed by atoms with E-state index in [0.29, 0.717) is 19.4 Å². The molecule has 0 fully saturated rings. The Kier molecular flexibility index (Phi) is 8.69. The second-order valence-electron chi connectivity index (χ2n) is 4.22. The SMILES string of the molecule is COCCN(CCC#N)Cc1ccc(C#CCCO)s1. The summed E-state index contributed by atoms with van der Waals surface area (Å²) >= 11 is 1.66. The molecule has 0 saturated heterocycles. The summed E-state index contributed by atoms with van der Waals surface area (Å²) in [6.45, 7) is 3.16.